The minimum absolute atomic E-state index is 0.0829. The first-order chi connectivity index (χ1) is 6.72. The average Bonchev–Trinajstić information content (AvgIpc) is 2.52. The van der Waals surface area contributed by atoms with Gasteiger partial charge in [0.15, 0.2) is 5.13 Å². The van der Waals surface area contributed by atoms with Gasteiger partial charge in [0, 0.05) is 30.4 Å². The molecule has 0 bridgehead atoms. The molecule has 0 aromatic carbocycles. The minimum atomic E-state index is -0.0829. The molecule has 0 saturated carbocycles. The third kappa shape index (κ3) is 4.08. The number of thioether (sulfide) groups is 1. The van der Waals surface area contributed by atoms with Gasteiger partial charge in [-0.25, -0.2) is 4.98 Å². The van der Waals surface area contributed by atoms with Crippen molar-refractivity contribution in [1.29, 1.82) is 0 Å². The van der Waals surface area contributed by atoms with Crippen LogP contribution in [0.15, 0.2) is 5.38 Å². The molecule has 6 heteroatoms. The van der Waals surface area contributed by atoms with Crippen molar-refractivity contribution >= 4 is 34.1 Å². The SMILES string of the molecule is CC(=O)Nc1nc(CSCCN)cs1. The van der Waals surface area contributed by atoms with Gasteiger partial charge in [-0.3, -0.25) is 4.79 Å². The molecule has 1 aromatic heterocycles. The quantitative estimate of drug-likeness (QED) is 0.749. The zero-order valence-electron chi connectivity index (χ0n) is 7.95. The maximum Gasteiger partial charge on any atom is 0.223 e. The predicted molar refractivity (Wildman–Crippen MR) is 61.6 cm³/mol. The number of anilines is 1. The summed E-state index contributed by atoms with van der Waals surface area (Å²) in [5.41, 5.74) is 6.37. The van der Waals surface area contributed by atoms with E-state index in [0.29, 0.717) is 11.7 Å². The number of carbonyl (C=O) groups is 1. The molecule has 0 aliphatic carbocycles. The Morgan fingerprint density at radius 2 is 2.57 bits per heavy atom. The molecule has 3 N–H and O–H groups in total. The van der Waals surface area contributed by atoms with E-state index in [1.165, 1.54) is 18.3 Å². The van der Waals surface area contributed by atoms with Crippen molar-refractivity contribution in [3.8, 4) is 0 Å². The molecule has 14 heavy (non-hydrogen) atoms. The number of aromatic nitrogens is 1. The zero-order valence-corrected chi connectivity index (χ0v) is 9.58. The van der Waals surface area contributed by atoms with E-state index in [-0.39, 0.29) is 5.91 Å². The summed E-state index contributed by atoms with van der Waals surface area (Å²) in [6, 6.07) is 0. The Kier molecular flexibility index (Phi) is 4.92. The summed E-state index contributed by atoms with van der Waals surface area (Å²) in [4.78, 5) is 15.0. The van der Waals surface area contributed by atoms with Crippen LogP contribution in [-0.2, 0) is 10.5 Å². The number of nitrogens with two attached hydrogens (primary N) is 1. The Morgan fingerprint density at radius 3 is 3.21 bits per heavy atom. The average molecular weight is 231 g/mol. The summed E-state index contributed by atoms with van der Waals surface area (Å²) in [6.07, 6.45) is 0. The second kappa shape index (κ2) is 6.00. The second-order valence-corrected chi connectivity index (χ2v) is 4.63. The Balaban J connectivity index is 2.38. The number of thiazole rings is 1. The molecular formula is C8H13N3OS2. The summed E-state index contributed by atoms with van der Waals surface area (Å²) in [6.45, 7) is 2.16. The van der Waals surface area contributed by atoms with E-state index in [1.807, 2.05) is 5.38 Å². The second-order valence-electron chi connectivity index (χ2n) is 2.67. The number of nitrogens with one attached hydrogen (secondary N) is 1. The first kappa shape index (κ1) is 11.5. The molecule has 1 aromatic rings. The third-order valence-corrected chi connectivity index (χ3v) is 3.18. The van der Waals surface area contributed by atoms with Crippen LogP contribution in [0.5, 0.6) is 0 Å². The molecule has 0 saturated heterocycles. The van der Waals surface area contributed by atoms with Gasteiger partial charge in [0.05, 0.1) is 5.69 Å². The van der Waals surface area contributed by atoms with Crippen LogP contribution in [0.3, 0.4) is 0 Å². The van der Waals surface area contributed by atoms with Gasteiger partial charge in [0.25, 0.3) is 0 Å². The summed E-state index contributed by atoms with van der Waals surface area (Å²) < 4.78 is 0. The number of hydrogen-bond donors (Lipinski definition) is 2. The van der Waals surface area contributed by atoms with Gasteiger partial charge in [0.2, 0.25) is 5.91 Å². The highest BCUT2D eigenvalue weighted by atomic mass is 32.2. The van der Waals surface area contributed by atoms with Crippen LogP contribution in [0.2, 0.25) is 0 Å². The fourth-order valence-electron chi connectivity index (χ4n) is 0.841. The molecule has 0 atom stereocenters. The van der Waals surface area contributed by atoms with Gasteiger partial charge < -0.3 is 11.1 Å². The molecule has 1 rings (SSSR count). The Bertz CT molecular complexity index is 301. The lowest BCUT2D eigenvalue weighted by Crippen LogP contribution is -2.05. The summed E-state index contributed by atoms with van der Waals surface area (Å²) in [7, 11) is 0. The van der Waals surface area contributed by atoms with Crippen LogP contribution in [0, 0.1) is 0 Å². The highest BCUT2D eigenvalue weighted by molar-refractivity contribution is 7.98. The standard InChI is InChI=1S/C8H13N3OS2/c1-6(12)10-8-11-7(5-14-8)4-13-3-2-9/h5H,2-4,9H2,1H3,(H,10,11,12). The van der Waals surface area contributed by atoms with Crippen molar-refractivity contribution in [2.75, 3.05) is 17.6 Å². The molecule has 0 spiro atoms. The lowest BCUT2D eigenvalue weighted by atomic mass is 10.6. The number of hydrogen-bond acceptors (Lipinski definition) is 5. The Labute approximate surface area is 91.3 Å². The Hall–Kier alpha value is -0.590. The highest BCUT2D eigenvalue weighted by Gasteiger charge is 2.02. The molecule has 0 radical (unpaired) electrons. The van der Waals surface area contributed by atoms with Crippen molar-refractivity contribution in [1.82, 2.24) is 4.98 Å². The molecule has 1 amide bonds. The van der Waals surface area contributed by atoms with Crippen molar-refractivity contribution in [3.63, 3.8) is 0 Å². The normalized spacial score (nSPS) is 10.1. The number of nitrogens with zero attached hydrogens (tertiary/aromatic N) is 1. The first-order valence-corrected chi connectivity index (χ1v) is 6.25. The van der Waals surface area contributed by atoms with E-state index in [0.717, 1.165) is 17.2 Å². The molecule has 0 aliphatic heterocycles. The van der Waals surface area contributed by atoms with Crippen molar-refractivity contribution < 1.29 is 4.79 Å². The lowest BCUT2D eigenvalue weighted by Gasteiger charge is -1.95. The van der Waals surface area contributed by atoms with E-state index in [2.05, 4.69) is 10.3 Å². The van der Waals surface area contributed by atoms with Crippen LogP contribution >= 0.6 is 23.1 Å². The minimum Gasteiger partial charge on any atom is -0.330 e. The molecule has 0 fully saturated rings. The first-order valence-electron chi connectivity index (χ1n) is 4.22. The molecule has 78 valence electrons. The summed E-state index contributed by atoms with van der Waals surface area (Å²) in [5.74, 6) is 1.71. The van der Waals surface area contributed by atoms with Gasteiger partial charge in [0.1, 0.15) is 0 Å². The third-order valence-electron chi connectivity index (χ3n) is 1.35. The fraction of sp³-hybridized carbons (Fsp3) is 0.500. The van der Waals surface area contributed by atoms with Crippen LogP contribution in [0.25, 0.3) is 0 Å². The van der Waals surface area contributed by atoms with E-state index in [4.69, 9.17) is 5.73 Å². The van der Waals surface area contributed by atoms with Gasteiger partial charge in [-0.15, -0.1) is 11.3 Å². The monoisotopic (exact) mass is 231 g/mol. The number of carbonyl (C=O) groups excluding carboxylic acids is 1. The van der Waals surface area contributed by atoms with Gasteiger partial charge in [-0.05, 0) is 0 Å². The highest BCUT2D eigenvalue weighted by Crippen LogP contribution is 2.18. The summed E-state index contributed by atoms with van der Waals surface area (Å²) in [5, 5.41) is 5.27. The van der Waals surface area contributed by atoms with Crippen LogP contribution < -0.4 is 11.1 Å². The maximum atomic E-state index is 10.7. The van der Waals surface area contributed by atoms with E-state index in [1.54, 1.807) is 11.8 Å². The topological polar surface area (TPSA) is 68.0 Å². The van der Waals surface area contributed by atoms with Gasteiger partial charge in [-0.1, -0.05) is 0 Å². The predicted octanol–water partition coefficient (Wildman–Crippen LogP) is 1.29. The smallest absolute Gasteiger partial charge is 0.223 e. The van der Waals surface area contributed by atoms with Crippen molar-refractivity contribution in [2.24, 2.45) is 5.73 Å². The lowest BCUT2D eigenvalue weighted by molar-refractivity contribution is -0.114. The van der Waals surface area contributed by atoms with Crippen molar-refractivity contribution in [3.05, 3.63) is 11.1 Å². The molecule has 4 nitrogen and oxygen atoms in total. The van der Waals surface area contributed by atoms with E-state index < -0.39 is 0 Å². The summed E-state index contributed by atoms with van der Waals surface area (Å²) >= 11 is 3.19. The van der Waals surface area contributed by atoms with Gasteiger partial charge >= 0.3 is 0 Å². The van der Waals surface area contributed by atoms with Crippen LogP contribution in [0.1, 0.15) is 12.6 Å². The van der Waals surface area contributed by atoms with E-state index >= 15 is 0 Å². The molecule has 1 heterocycles. The van der Waals surface area contributed by atoms with E-state index in [9.17, 15) is 4.79 Å². The largest absolute Gasteiger partial charge is 0.330 e. The van der Waals surface area contributed by atoms with Gasteiger partial charge in [-0.2, -0.15) is 11.8 Å². The fourth-order valence-corrected chi connectivity index (χ4v) is 2.37. The molecule has 0 unspecified atom stereocenters. The Morgan fingerprint density at radius 1 is 1.79 bits per heavy atom. The maximum absolute atomic E-state index is 10.7. The number of rotatable bonds is 5. The van der Waals surface area contributed by atoms with Crippen LogP contribution in [-0.4, -0.2) is 23.2 Å². The molecule has 0 aliphatic rings. The zero-order chi connectivity index (χ0) is 10.4. The van der Waals surface area contributed by atoms with Crippen LogP contribution in [0.4, 0.5) is 5.13 Å². The van der Waals surface area contributed by atoms with Crippen molar-refractivity contribution in [2.45, 2.75) is 12.7 Å². The number of amides is 1. The molecular weight excluding hydrogens is 218 g/mol.